The lowest BCUT2D eigenvalue weighted by Crippen LogP contribution is -2.33. The van der Waals surface area contributed by atoms with Crippen molar-refractivity contribution in [3.05, 3.63) is 46.4 Å². The fourth-order valence-electron chi connectivity index (χ4n) is 2.50. The number of aryl methyl sites for hydroxylation is 1. The second-order valence-corrected chi connectivity index (χ2v) is 6.87. The molecule has 0 heterocycles. The van der Waals surface area contributed by atoms with Crippen LogP contribution in [-0.2, 0) is 4.79 Å². The van der Waals surface area contributed by atoms with Gasteiger partial charge in [0.2, 0.25) is 5.91 Å². The average Bonchev–Trinajstić information content (AvgIpc) is 2.69. The van der Waals surface area contributed by atoms with Crippen molar-refractivity contribution in [1.82, 2.24) is 5.32 Å². The van der Waals surface area contributed by atoms with Gasteiger partial charge in [0.05, 0.1) is 14.2 Å². The van der Waals surface area contributed by atoms with Gasteiger partial charge in [0.15, 0.2) is 17.5 Å². The smallest absolute Gasteiger partial charge is 0.226 e. The predicted octanol–water partition coefficient (Wildman–Crippen LogP) is 3.79. The van der Waals surface area contributed by atoms with Gasteiger partial charge in [-0.15, -0.1) is 0 Å². The minimum absolute atomic E-state index is 0.0699. The third-order valence-electron chi connectivity index (χ3n) is 3.98. The van der Waals surface area contributed by atoms with E-state index >= 15 is 0 Å². The van der Waals surface area contributed by atoms with Gasteiger partial charge in [0, 0.05) is 41.9 Å². The van der Waals surface area contributed by atoms with Crippen LogP contribution in [0.3, 0.4) is 0 Å². The molecular weight excluding hydrogens is 424 g/mol. The molecule has 2 aromatic rings. The Balaban J connectivity index is 1.86. The van der Waals surface area contributed by atoms with Gasteiger partial charge in [0.1, 0.15) is 0 Å². The molecule has 0 unspecified atom stereocenters. The van der Waals surface area contributed by atoms with Gasteiger partial charge in [-0.2, -0.15) is 0 Å². The van der Waals surface area contributed by atoms with Crippen LogP contribution in [-0.4, -0.2) is 39.7 Å². The number of benzene rings is 2. The van der Waals surface area contributed by atoms with Crippen molar-refractivity contribution >= 4 is 39.2 Å². The number of carbonyl (C=O) groups is 1. The van der Waals surface area contributed by atoms with Gasteiger partial charge in [-0.3, -0.25) is 9.79 Å². The van der Waals surface area contributed by atoms with E-state index in [1.54, 1.807) is 21.3 Å². The molecule has 2 rings (SSSR count). The fraction of sp³-hybridized carbons (Fsp3) is 0.300. The van der Waals surface area contributed by atoms with Crippen LogP contribution >= 0.6 is 15.9 Å². The van der Waals surface area contributed by atoms with E-state index in [1.165, 1.54) is 0 Å². The van der Waals surface area contributed by atoms with E-state index in [-0.39, 0.29) is 5.91 Å². The largest absolute Gasteiger partial charge is 0.493 e. The van der Waals surface area contributed by atoms with E-state index in [4.69, 9.17) is 9.47 Å². The molecule has 8 heteroatoms. The molecule has 2 aromatic carbocycles. The first-order chi connectivity index (χ1) is 13.5. The van der Waals surface area contributed by atoms with Crippen LogP contribution in [0.5, 0.6) is 11.5 Å². The van der Waals surface area contributed by atoms with Gasteiger partial charge >= 0.3 is 0 Å². The summed E-state index contributed by atoms with van der Waals surface area (Å²) in [5, 5.41) is 9.20. The summed E-state index contributed by atoms with van der Waals surface area (Å²) in [4.78, 5) is 16.3. The third-order valence-corrected chi connectivity index (χ3v) is 4.47. The molecule has 0 fully saturated rings. The molecule has 0 bridgehead atoms. The molecule has 3 N–H and O–H groups in total. The standard InChI is InChI=1S/C20H25BrN4O3/c1-13-11-14(21)5-7-16(13)25-19(26)9-10-23-20(22-2)24-15-6-8-17(27-3)18(12-15)28-4/h5-8,11-12H,9-10H2,1-4H3,(H,25,26)(H2,22,23,24). The first kappa shape index (κ1) is 21.6. The average molecular weight is 449 g/mol. The molecule has 0 atom stereocenters. The minimum atomic E-state index is -0.0699. The van der Waals surface area contributed by atoms with E-state index in [0.29, 0.717) is 30.4 Å². The highest BCUT2D eigenvalue weighted by Crippen LogP contribution is 2.29. The molecule has 0 aromatic heterocycles. The molecule has 0 radical (unpaired) electrons. The molecular formula is C20H25BrN4O3. The van der Waals surface area contributed by atoms with Crippen LogP contribution in [0.15, 0.2) is 45.9 Å². The molecule has 0 aliphatic rings. The molecule has 150 valence electrons. The van der Waals surface area contributed by atoms with Gasteiger partial charge in [0.25, 0.3) is 0 Å². The monoisotopic (exact) mass is 448 g/mol. The number of hydrogen-bond donors (Lipinski definition) is 3. The number of aliphatic imine (C=N–C) groups is 1. The Labute approximate surface area is 173 Å². The van der Waals surface area contributed by atoms with Crippen molar-refractivity contribution in [2.45, 2.75) is 13.3 Å². The van der Waals surface area contributed by atoms with Gasteiger partial charge < -0.3 is 25.4 Å². The number of nitrogens with one attached hydrogen (secondary N) is 3. The number of hydrogen-bond acceptors (Lipinski definition) is 4. The maximum Gasteiger partial charge on any atom is 0.226 e. The first-order valence-corrected chi connectivity index (χ1v) is 9.51. The fourth-order valence-corrected chi connectivity index (χ4v) is 2.98. The van der Waals surface area contributed by atoms with Crippen molar-refractivity contribution in [2.75, 3.05) is 38.4 Å². The summed E-state index contributed by atoms with van der Waals surface area (Å²) in [6.45, 7) is 2.39. The number of amides is 1. The van der Waals surface area contributed by atoms with E-state index < -0.39 is 0 Å². The molecule has 0 saturated heterocycles. The van der Waals surface area contributed by atoms with Crippen LogP contribution in [0.2, 0.25) is 0 Å². The number of methoxy groups -OCH3 is 2. The molecule has 1 amide bonds. The number of rotatable bonds is 7. The summed E-state index contributed by atoms with van der Waals surface area (Å²) in [6.07, 6.45) is 0.308. The lowest BCUT2D eigenvalue weighted by atomic mass is 10.2. The summed E-state index contributed by atoms with van der Waals surface area (Å²) in [7, 11) is 4.84. The zero-order valence-electron chi connectivity index (χ0n) is 16.4. The highest BCUT2D eigenvalue weighted by Gasteiger charge is 2.08. The Bertz CT molecular complexity index is 855. The Kier molecular flexibility index (Phi) is 8.13. The second-order valence-electron chi connectivity index (χ2n) is 5.95. The molecule has 0 saturated carbocycles. The van der Waals surface area contributed by atoms with Crippen LogP contribution in [0.4, 0.5) is 11.4 Å². The molecule has 0 spiro atoms. The van der Waals surface area contributed by atoms with Gasteiger partial charge in [-0.05, 0) is 42.8 Å². The summed E-state index contributed by atoms with van der Waals surface area (Å²) in [6, 6.07) is 11.2. The minimum Gasteiger partial charge on any atom is -0.493 e. The summed E-state index contributed by atoms with van der Waals surface area (Å²) < 4.78 is 11.5. The van der Waals surface area contributed by atoms with Gasteiger partial charge in [-0.1, -0.05) is 15.9 Å². The van der Waals surface area contributed by atoms with Crippen molar-refractivity contribution in [3.8, 4) is 11.5 Å². The van der Waals surface area contributed by atoms with Crippen LogP contribution in [0.1, 0.15) is 12.0 Å². The Morgan fingerprint density at radius 3 is 2.46 bits per heavy atom. The first-order valence-electron chi connectivity index (χ1n) is 8.72. The highest BCUT2D eigenvalue weighted by molar-refractivity contribution is 9.10. The zero-order valence-corrected chi connectivity index (χ0v) is 18.0. The molecule has 0 aliphatic heterocycles. The number of halogens is 1. The van der Waals surface area contributed by atoms with Gasteiger partial charge in [-0.25, -0.2) is 0 Å². The van der Waals surface area contributed by atoms with Crippen LogP contribution < -0.4 is 25.4 Å². The van der Waals surface area contributed by atoms with Crippen LogP contribution in [0.25, 0.3) is 0 Å². The summed E-state index contributed by atoms with van der Waals surface area (Å²) >= 11 is 3.41. The summed E-state index contributed by atoms with van der Waals surface area (Å²) in [5.41, 5.74) is 2.60. The van der Waals surface area contributed by atoms with Crippen molar-refractivity contribution < 1.29 is 14.3 Å². The predicted molar refractivity (Wildman–Crippen MR) is 117 cm³/mol. The maximum absolute atomic E-state index is 12.2. The SMILES string of the molecule is CN=C(NCCC(=O)Nc1ccc(Br)cc1C)Nc1ccc(OC)c(OC)c1. The lowest BCUT2D eigenvalue weighted by Gasteiger charge is -2.14. The molecule has 28 heavy (non-hydrogen) atoms. The van der Waals surface area contributed by atoms with Crippen LogP contribution in [0, 0.1) is 6.92 Å². The van der Waals surface area contributed by atoms with E-state index in [9.17, 15) is 4.79 Å². The second kappa shape index (κ2) is 10.6. The topological polar surface area (TPSA) is 84.0 Å². The molecule has 0 aliphatic carbocycles. The third kappa shape index (κ3) is 6.16. The normalized spacial score (nSPS) is 11.0. The number of nitrogens with zero attached hydrogens (tertiary/aromatic N) is 1. The maximum atomic E-state index is 12.2. The number of anilines is 2. The van der Waals surface area contributed by atoms with E-state index in [0.717, 1.165) is 21.4 Å². The van der Waals surface area contributed by atoms with E-state index in [2.05, 4.69) is 36.9 Å². The van der Waals surface area contributed by atoms with E-state index in [1.807, 2.05) is 43.3 Å². The quantitative estimate of drug-likeness (QED) is 0.443. The molecule has 7 nitrogen and oxygen atoms in total. The highest BCUT2D eigenvalue weighted by atomic mass is 79.9. The number of guanidine groups is 1. The number of carbonyl (C=O) groups excluding carboxylic acids is 1. The number of ether oxygens (including phenoxy) is 2. The van der Waals surface area contributed by atoms with Crippen molar-refractivity contribution in [2.24, 2.45) is 4.99 Å². The van der Waals surface area contributed by atoms with Crippen molar-refractivity contribution in [1.29, 1.82) is 0 Å². The Morgan fingerprint density at radius 1 is 1.07 bits per heavy atom. The zero-order chi connectivity index (χ0) is 20.5. The Morgan fingerprint density at radius 2 is 1.82 bits per heavy atom. The Hall–Kier alpha value is -2.74. The summed E-state index contributed by atoms with van der Waals surface area (Å²) in [5.74, 6) is 1.75. The lowest BCUT2D eigenvalue weighted by molar-refractivity contribution is -0.116. The van der Waals surface area contributed by atoms with Crippen molar-refractivity contribution in [3.63, 3.8) is 0 Å².